The fourth-order valence-electron chi connectivity index (χ4n) is 3.50. The number of hydrogen-bond donors (Lipinski definition) is 0. The van der Waals surface area contributed by atoms with E-state index in [9.17, 15) is 4.39 Å². The van der Waals surface area contributed by atoms with Crippen LogP contribution in [0.4, 0.5) is 4.39 Å². The van der Waals surface area contributed by atoms with Crippen molar-refractivity contribution in [2.75, 3.05) is 20.1 Å². The molecule has 0 aromatic heterocycles. The maximum Gasteiger partial charge on any atom is 0.121 e. The van der Waals surface area contributed by atoms with Crippen molar-refractivity contribution < 1.29 is 4.39 Å². The van der Waals surface area contributed by atoms with E-state index in [0.717, 1.165) is 25.9 Å². The highest BCUT2D eigenvalue weighted by atomic mass is 19.1. The molecule has 3 unspecified atom stereocenters. The van der Waals surface area contributed by atoms with Crippen LogP contribution in [0, 0.1) is 11.3 Å². The van der Waals surface area contributed by atoms with Gasteiger partial charge in [0.05, 0.1) is 0 Å². The standard InChI is InChI=1S/C12H20FN/c1-4-6-12(13)7-5-10-8-14(3)9-11(10,12)2/h4,10H,1,5-9H2,2-3H3. The minimum absolute atomic E-state index is 0.129. The lowest BCUT2D eigenvalue weighted by Gasteiger charge is -2.36. The Morgan fingerprint density at radius 3 is 3.00 bits per heavy atom. The molecule has 1 saturated carbocycles. The largest absolute Gasteiger partial charge is 0.305 e. The van der Waals surface area contributed by atoms with Crippen LogP contribution in [0.3, 0.4) is 0 Å². The lowest BCUT2D eigenvalue weighted by Crippen LogP contribution is -2.42. The van der Waals surface area contributed by atoms with E-state index < -0.39 is 5.67 Å². The summed E-state index contributed by atoms with van der Waals surface area (Å²) in [4.78, 5) is 2.27. The molecule has 0 N–H and O–H groups in total. The van der Waals surface area contributed by atoms with Crippen LogP contribution in [0.25, 0.3) is 0 Å². The van der Waals surface area contributed by atoms with E-state index in [1.54, 1.807) is 6.08 Å². The maximum absolute atomic E-state index is 14.7. The van der Waals surface area contributed by atoms with Gasteiger partial charge in [0.15, 0.2) is 0 Å². The third-order valence-corrected chi connectivity index (χ3v) is 4.41. The first-order valence-electron chi connectivity index (χ1n) is 5.50. The van der Waals surface area contributed by atoms with Gasteiger partial charge in [0.25, 0.3) is 0 Å². The van der Waals surface area contributed by atoms with Gasteiger partial charge in [-0.15, -0.1) is 6.58 Å². The number of fused-ring (bicyclic) bond motifs is 1. The average molecular weight is 197 g/mol. The van der Waals surface area contributed by atoms with Gasteiger partial charge in [0, 0.05) is 18.5 Å². The Morgan fingerprint density at radius 2 is 2.36 bits per heavy atom. The highest BCUT2D eigenvalue weighted by Gasteiger charge is 2.60. The van der Waals surface area contributed by atoms with Gasteiger partial charge in [-0.2, -0.15) is 0 Å². The average Bonchev–Trinajstić information content (AvgIpc) is 2.49. The summed E-state index contributed by atoms with van der Waals surface area (Å²) in [6, 6.07) is 0. The van der Waals surface area contributed by atoms with E-state index >= 15 is 0 Å². The predicted octanol–water partition coefficient (Wildman–Crippen LogP) is 2.63. The number of allylic oxidation sites excluding steroid dienone is 1. The summed E-state index contributed by atoms with van der Waals surface area (Å²) in [5.74, 6) is 0.553. The fraction of sp³-hybridized carbons (Fsp3) is 0.833. The van der Waals surface area contributed by atoms with E-state index in [1.165, 1.54) is 0 Å². The Bertz CT molecular complexity index is 253. The lowest BCUT2D eigenvalue weighted by atomic mass is 9.72. The Balaban J connectivity index is 2.26. The number of hydrogen-bond acceptors (Lipinski definition) is 1. The minimum atomic E-state index is -0.996. The summed E-state index contributed by atoms with van der Waals surface area (Å²) in [6.45, 7) is 7.78. The maximum atomic E-state index is 14.7. The Morgan fingerprint density at radius 1 is 1.64 bits per heavy atom. The van der Waals surface area contributed by atoms with E-state index in [4.69, 9.17) is 0 Å². The minimum Gasteiger partial charge on any atom is -0.305 e. The number of likely N-dealkylation sites (tertiary alicyclic amines) is 1. The molecule has 0 aromatic carbocycles. The molecule has 14 heavy (non-hydrogen) atoms. The molecule has 2 fully saturated rings. The van der Waals surface area contributed by atoms with Gasteiger partial charge in [0.2, 0.25) is 0 Å². The van der Waals surface area contributed by atoms with Crippen molar-refractivity contribution in [3.05, 3.63) is 12.7 Å². The third kappa shape index (κ3) is 1.16. The molecule has 0 radical (unpaired) electrons. The number of rotatable bonds is 2. The fourth-order valence-corrected chi connectivity index (χ4v) is 3.50. The van der Waals surface area contributed by atoms with Gasteiger partial charge >= 0.3 is 0 Å². The zero-order valence-corrected chi connectivity index (χ0v) is 9.22. The number of nitrogens with zero attached hydrogens (tertiary/aromatic N) is 1. The van der Waals surface area contributed by atoms with Crippen molar-refractivity contribution in [1.82, 2.24) is 4.90 Å². The topological polar surface area (TPSA) is 3.24 Å². The molecule has 0 aromatic rings. The smallest absolute Gasteiger partial charge is 0.121 e. The summed E-state index contributed by atoms with van der Waals surface area (Å²) >= 11 is 0. The van der Waals surface area contributed by atoms with Crippen LogP contribution < -0.4 is 0 Å². The molecule has 1 heterocycles. The summed E-state index contributed by atoms with van der Waals surface area (Å²) < 4.78 is 14.7. The Kier molecular flexibility index (Phi) is 2.22. The quantitative estimate of drug-likeness (QED) is 0.615. The van der Waals surface area contributed by atoms with Gasteiger partial charge in [-0.3, -0.25) is 0 Å². The van der Waals surface area contributed by atoms with Crippen LogP contribution in [0.5, 0.6) is 0 Å². The van der Waals surface area contributed by atoms with Gasteiger partial charge in [-0.1, -0.05) is 13.0 Å². The van der Waals surface area contributed by atoms with Crippen LogP contribution in [0.15, 0.2) is 12.7 Å². The highest BCUT2D eigenvalue weighted by Crippen LogP contribution is 2.57. The lowest BCUT2D eigenvalue weighted by molar-refractivity contribution is 0.0280. The molecule has 0 spiro atoms. The van der Waals surface area contributed by atoms with Crippen LogP contribution in [0.1, 0.15) is 26.2 Å². The van der Waals surface area contributed by atoms with Crippen LogP contribution in [-0.4, -0.2) is 30.7 Å². The van der Waals surface area contributed by atoms with Gasteiger partial charge < -0.3 is 4.90 Å². The Hall–Kier alpha value is -0.370. The first kappa shape index (κ1) is 10.2. The molecule has 1 saturated heterocycles. The zero-order valence-electron chi connectivity index (χ0n) is 9.22. The van der Waals surface area contributed by atoms with Crippen LogP contribution in [0.2, 0.25) is 0 Å². The number of halogens is 1. The van der Waals surface area contributed by atoms with Crippen molar-refractivity contribution in [3.63, 3.8) is 0 Å². The second kappa shape index (κ2) is 3.06. The third-order valence-electron chi connectivity index (χ3n) is 4.41. The molecule has 1 aliphatic heterocycles. The van der Waals surface area contributed by atoms with Gasteiger partial charge in [-0.25, -0.2) is 4.39 Å². The van der Waals surface area contributed by atoms with E-state index in [1.807, 2.05) is 0 Å². The predicted molar refractivity (Wildman–Crippen MR) is 57.0 cm³/mol. The molecule has 80 valence electrons. The van der Waals surface area contributed by atoms with E-state index in [0.29, 0.717) is 12.3 Å². The van der Waals surface area contributed by atoms with Crippen molar-refractivity contribution >= 4 is 0 Å². The summed E-state index contributed by atoms with van der Waals surface area (Å²) in [5.41, 5.74) is -1.12. The second-order valence-electron chi connectivity index (χ2n) is 5.31. The Labute approximate surface area is 86.0 Å². The molecule has 2 aliphatic rings. The molecule has 3 atom stereocenters. The highest BCUT2D eigenvalue weighted by molar-refractivity contribution is 5.12. The van der Waals surface area contributed by atoms with Gasteiger partial charge in [-0.05, 0) is 32.2 Å². The monoisotopic (exact) mass is 197 g/mol. The zero-order chi connectivity index (χ0) is 10.4. The van der Waals surface area contributed by atoms with Crippen molar-refractivity contribution in [2.24, 2.45) is 11.3 Å². The summed E-state index contributed by atoms with van der Waals surface area (Å²) in [7, 11) is 2.10. The van der Waals surface area contributed by atoms with Crippen molar-refractivity contribution in [2.45, 2.75) is 31.9 Å². The molecule has 2 rings (SSSR count). The molecule has 1 aliphatic carbocycles. The summed E-state index contributed by atoms with van der Waals surface area (Å²) in [5, 5.41) is 0. The molecular weight excluding hydrogens is 177 g/mol. The molecule has 0 bridgehead atoms. The van der Waals surface area contributed by atoms with E-state index in [2.05, 4.69) is 25.5 Å². The van der Waals surface area contributed by atoms with Crippen LogP contribution in [-0.2, 0) is 0 Å². The van der Waals surface area contributed by atoms with Crippen molar-refractivity contribution in [1.29, 1.82) is 0 Å². The van der Waals surface area contributed by atoms with Crippen LogP contribution >= 0.6 is 0 Å². The first-order valence-corrected chi connectivity index (χ1v) is 5.50. The number of alkyl halides is 1. The van der Waals surface area contributed by atoms with E-state index in [-0.39, 0.29) is 5.41 Å². The molecule has 1 nitrogen and oxygen atoms in total. The second-order valence-corrected chi connectivity index (χ2v) is 5.31. The normalized spacial score (nSPS) is 48.1. The molecule has 2 heteroatoms. The first-order chi connectivity index (χ1) is 6.52. The molecular formula is C12H20FN. The summed E-state index contributed by atoms with van der Waals surface area (Å²) in [6.07, 6.45) is 4.04. The van der Waals surface area contributed by atoms with Crippen molar-refractivity contribution in [3.8, 4) is 0 Å². The SMILES string of the molecule is C=CCC1(F)CCC2CN(C)CC21C. The van der Waals surface area contributed by atoms with Gasteiger partial charge in [0.1, 0.15) is 5.67 Å². The molecule has 0 amide bonds.